The molecule has 1 aromatic rings. The molecular formula is C13H16ClFN2O3. The van der Waals surface area contributed by atoms with E-state index in [-0.39, 0.29) is 17.3 Å². The van der Waals surface area contributed by atoms with Crippen LogP contribution in [-0.2, 0) is 9.59 Å². The number of carbonyl (C=O) groups is 2. The lowest BCUT2D eigenvalue weighted by molar-refractivity contribution is -0.142. The zero-order valence-electron chi connectivity index (χ0n) is 11.2. The van der Waals surface area contributed by atoms with E-state index in [2.05, 4.69) is 5.32 Å². The number of hydrogen-bond donors (Lipinski definition) is 2. The summed E-state index contributed by atoms with van der Waals surface area (Å²) in [7, 11) is 1.43. The van der Waals surface area contributed by atoms with E-state index in [1.165, 1.54) is 19.2 Å². The van der Waals surface area contributed by atoms with Crippen molar-refractivity contribution < 1.29 is 19.1 Å². The van der Waals surface area contributed by atoms with Gasteiger partial charge in [0.05, 0.1) is 11.8 Å². The van der Waals surface area contributed by atoms with E-state index in [1.807, 2.05) is 0 Å². The van der Waals surface area contributed by atoms with Crippen molar-refractivity contribution in [3.63, 3.8) is 0 Å². The fourth-order valence-corrected chi connectivity index (χ4v) is 1.58. The molecule has 0 aliphatic rings. The fraction of sp³-hybridized carbons (Fsp3) is 0.385. The van der Waals surface area contributed by atoms with Crippen molar-refractivity contribution >= 4 is 29.1 Å². The Kier molecular flexibility index (Phi) is 5.91. The minimum Gasteiger partial charge on any atom is -0.393 e. The third kappa shape index (κ3) is 4.79. The van der Waals surface area contributed by atoms with Gasteiger partial charge in [0.25, 0.3) is 0 Å². The maximum Gasteiger partial charge on any atom is 0.313 e. The number of benzene rings is 1. The molecule has 0 aliphatic heterocycles. The maximum absolute atomic E-state index is 13.5. The maximum atomic E-state index is 13.5. The van der Waals surface area contributed by atoms with E-state index in [1.54, 1.807) is 6.92 Å². The zero-order valence-corrected chi connectivity index (χ0v) is 11.9. The summed E-state index contributed by atoms with van der Waals surface area (Å²) in [6, 6.07) is 3.72. The van der Waals surface area contributed by atoms with Gasteiger partial charge in [0, 0.05) is 18.6 Å². The fourth-order valence-electron chi connectivity index (χ4n) is 1.42. The molecule has 0 heterocycles. The number of aliphatic hydroxyl groups excluding tert-OH is 1. The van der Waals surface area contributed by atoms with Gasteiger partial charge in [0.15, 0.2) is 0 Å². The molecule has 0 spiro atoms. The summed E-state index contributed by atoms with van der Waals surface area (Å²) in [5.74, 6) is -2.47. The average Bonchev–Trinajstić information content (AvgIpc) is 2.38. The van der Waals surface area contributed by atoms with E-state index < -0.39 is 23.7 Å². The summed E-state index contributed by atoms with van der Waals surface area (Å²) < 4.78 is 13.5. The van der Waals surface area contributed by atoms with Gasteiger partial charge in [0.2, 0.25) is 0 Å². The van der Waals surface area contributed by atoms with Gasteiger partial charge in [-0.15, -0.1) is 0 Å². The Labute approximate surface area is 121 Å². The number of amides is 2. The van der Waals surface area contributed by atoms with Gasteiger partial charge in [-0.1, -0.05) is 11.6 Å². The number of nitrogens with one attached hydrogen (secondary N) is 1. The lowest BCUT2D eigenvalue weighted by Crippen LogP contribution is -2.38. The Morgan fingerprint density at radius 2 is 2.15 bits per heavy atom. The van der Waals surface area contributed by atoms with Crippen LogP contribution in [0.3, 0.4) is 0 Å². The highest BCUT2D eigenvalue weighted by atomic mass is 35.5. The molecule has 1 aromatic carbocycles. The Morgan fingerprint density at radius 1 is 1.50 bits per heavy atom. The normalized spacial score (nSPS) is 11.8. The highest BCUT2D eigenvalue weighted by Crippen LogP contribution is 2.18. The molecule has 1 atom stereocenters. The number of rotatable bonds is 4. The summed E-state index contributed by atoms with van der Waals surface area (Å²) in [6.07, 6.45) is -0.216. The lowest BCUT2D eigenvalue weighted by Gasteiger charge is -2.17. The second-order valence-electron chi connectivity index (χ2n) is 4.44. The molecule has 0 saturated carbocycles. The molecular weight excluding hydrogens is 287 g/mol. The molecule has 5 nitrogen and oxygen atoms in total. The predicted molar refractivity (Wildman–Crippen MR) is 74.0 cm³/mol. The van der Waals surface area contributed by atoms with Crippen molar-refractivity contribution in [2.24, 2.45) is 0 Å². The molecule has 0 radical (unpaired) electrons. The monoisotopic (exact) mass is 302 g/mol. The lowest BCUT2D eigenvalue weighted by atomic mass is 10.2. The second kappa shape index (κ2) is 7.21. The first-order chi connectivity index (χ1) is 9.31. The highest BCUT2D eigenvalue weighted by Gasteiger charge is 2.20. The number of anilines is 1. The van der Waals surface area contributed by atoms with Gasteiger partial charge in [-0.25, -0.2) is 4.39 Å². The zero-order chi connectivity index (χ0) is 15.3. The molecule has 0 aromatic heterocycles. The summed E-state index contributed by atoms with van der Waals surface area (Å²) >= 11 is 5.59. The Hall–Kier alpha value is -1.66. The molecule has 0 saturated heterocycles. The summed E-state index contributed by atoms with van der Waals surface area (Å²) in [6.45, 7) is 1.81. The number of nitrogens with zero attached hydrogens (tertiary/aromatic N) is 1. The van der Waals surface area contributed by atoms with E-state index in [0.717, 1.165) is 11.0 Å². The first-order valence-electron chi connectivity index (χ1n) is 6.01. The Balaban J connectivity index is 2.63. The molecule has 2 amide bonds. The Bertz CT molecular complexity index is 508. The topological polar surface area (TPSA) is 69.6 Å². The smallest absolute Gasteiger partial charge is 0.313 e. The minimum atomic E-state index is -0.945. The number of hydrogen-bond acceptors (Lipinski definition) is 3. The van der Waals surface area contributed by atoms with E-state index in [9.17, 15) is 14.0 Å². The minimum absolute atomic E-state index is 0.114. The van der Waals surface area contributed by atoms with Crippen LogP contribution in [0.1, 0.15) is 13.3 Å². The molecule has 0 bridgehead atoms. The predicted octanol–water partition coefficient (Wildman–Crippen LogP) is 1.65. The molecule has 7 heteroatoms. The van der Waals surface area contributed by atoms with Crippen LogP contribution in [0.15, 0.2) is 18.2 Å². The van der Waals surface area contributed by atoms with Crippen molar-refractivity contribution in [2.45, 2.75) is 19.4 Å². The first-order valence-corrected chi connectivity index (χ1v) is 6.38. The number of likely N-dealkylation sites (N-methyl/N-ethyl adjacent to an activating group) is 1. The number of aliphatic hydroxyl groups is 1. The van der Waals surface area contributed by atoms with Gasteiger partial charge in [-0.05, 0) is 31.5 Å². The van der Waals surface area contributed by atoms with Crippen LogP contribution < -0.4 is 5.32 Å². The van der Waals surface area contributed by atoms with Crippen molar-refractivity contribution in [3.05, 3.63) is 29.0 Å². The van der Waals surface area contributed by atoms with Gasteiger partial charge in [0.1, 0.15) is 5.82 Å². The van der Waals surface area contributed by atoms with Crippen LogP contribution in [0.2, 0.25) is 5.02 Å². The van der Waals surface area contributed by atoms with Crippen LogP contribution >= 0.6 is 11.6 Å². The average molecular weight is 303 g/mol. The quantitative estimate of drug-likeness (QED) is 0.831. The third-order valence-electron chi connectivity index (χ3n) is 2.60. The molecule has 0 aliphatic carbocycles. The molecule has 1 unspecified atom stereocenters. The molecule has 1 rings (SSSR count). The van der Waals surface area contributed by atoms with Crippen LogP contribution in [0, 0.1) is 5.82 Å². The van der Waals surface area contributed by atoms with Crippen molar-refractivity contribution in [1.82, 2.24) is 4.90 Å². The number of carbonyl (C=O) groups excluding carboxylic acids is 2. The summed E-state index contributed by atoms with van der Waals surface area (Å²) in [4.78, 5) is 24.6. The van der Waals surface area contributed by atoms with Crippen molar-refractivity contribution in [1.29, 1.82) is 0 Å². The van der Waals surface area contributed by atoms with Gasteiger partial charge in [-0.3, -0.25) is 9.59 Å². The summed E-state index contributed by atoms with van der Waals surface area (Å²) in [5, 5.41) is 11.5. The van der Waals surface area contributed by atoms with Gasteiger partial charge >= 0.3 is 11.8 Å². The van der Waals surface area contributed by atoms with E-state index in [0.29, 0.717) is 6.42 Å². The number of halogens is 2. The van der Waals surface area contributed by atoms with Crippen LogP contribution in [0.4, 0.5) is 10.1 Å². The molecule has 0 fully saturated rings. The van der Waals surface area contributed by atoms with Crippen molar-refractivity contribution in [2.75, 3.05) is 18.9 Å². The summed E-state index contributed by atoms with van der Waals surface area (Å²) in [5.41, 5.74) is -0.114. The van der Waals surface area contributed by atoms with Crippen LogP contribution in [0.5, 0.6) is 0 Å². The largest absolute Gasteiger partial charge is 0.393 e. The van der Waals surface area contributed by atoms with E-state index >= 15 is 0 Å². The molecule has 2 N–H and O–H groups in total. The molecule has 110 valence electrons. The van der Waals surface area contributed by atoms with Crippen LogP contribution in [-0.4, -0.2) is 41.5 Å². The SMILES string of the molecule is CC(O)CCN(C)C(=O)C(=O)Nc1ccc(Cl)cc1F. The standard InChI is InChI=1S/C13H16ClFN2O3/c1-8(18)5-6-17(2)13(20)12(19)16-11-4-3-9(14)7-10(11)15/h3-4,7-8,18H,5-6H2,1-2H3,(H,16,19). The third-order valence-corrected chi connectivity index (χ3v) is 2.84. The second-order valence-corrected chi connectivity index (χ2v) is 4.88. The van der Waals surface area contributed by atoms with Gasteiger partial charge in [-0.2, -0.15) is 0 Å². The first kappa shape index (κ1) is 16.4. The Morgan fingerprint density at radius 3 is 2.70 bits per heavy atom. The van der Waals surface area contributed by atoms with E-state index in [4.69, 9.17) is 16.7 Å². The van der Waals surface area contributed by atoms with Crippen molar-refractivity contribution in [3.8, 4) is 0 Å². The van der Waals surface area contributed by atoms with Crippen LogP contribution in [0.25, 0.3) is 0 Å². The highest BCUT2D eigenvalue weighted by molar-refractivity contribution is 6.39. The van der Waals surface area contributed by atoms with Gasteiger partial charge < -0.3 is 15.3 Å². The molecule has 20 heavy (non-hydrogen) atoms.